The van der Waals surface area contributed by atoms with Crippen LogP contribution in [-0.2, 0) is 9.53 Å². The lowest BCUT2D eigenvalue weighted by atomic mass is 10.2. The molecule has 2 atom stereocenters. The molecule has 0 saturated carbocycles. The van der Waals surface area contributed by atoms with E-state index in [9.17, 15) is 4.79 Å². The molecule has 1 heterocycles. The number of ether oxygens (including phenoxy) is 1. The minimum Gasteiger partial charge on any atom is -0.394 e. The van der Waals surface area contributed by atoms with Crippen molar-refractivity contribution >= 4 is 17.7 Å². The molecular formula is C9H17NO3S. The van der Waals surface area contributed by atoms with Gasteiger partial charge in [-0.05, 0) is 13.2 Å². The molecule has 14 heavy (non-hydrogen) atoms. The fourth-order valence-corrected chi connectivity index (χ4v) is 1.89. The Hall–Kier alpha value is -0.260. The molecule has 1 fully saturated rings. The minimum atomic E-state index is -0.211. The van der Waals surface area contributed by atoms with Crippen molar-refractivity contribution in [2.75, 3.05) is 31.8 Å². The zero-order chi connectivity index (χ0) is 10.6. The first-order chi connectivity index (χ1) is 6.69. The van der Waals surface area contributed by atoms with Gasteiger partial charge < -0.3 is 14.7 Å². The van der Waals surface area contributed by atoms with Gasteiger partial charge in [-0.3, -0.25) is 4.79 Å². The van der Waals surface area contributed by atoms with Crippen LogP contribution < -0.4 is 0 Å². The van der Waals surface area contributed by atoms with E-state index in [1.807, 2.05) is 13.2 Å². The first-order valence-corrected chi connectivity index (χ1v) is 6.09. The quantitative estimate of drug-likeness (QED) is 0.723. The number of hydrogen-bond donors (Lipinski definition) is 1. The molecule has 1 saturated heterocycles. The van der Waals surface area contributed by atoms with Crippen LogP contribution in [0.15, 0.2) is 0 Å². The third-order valence-electron chi connectivity index (χ3n) is 2.30. The minimum absolute atomic E-state index is 0.0181. The van der Waals surface area contributed by atoms with E-state index >= 15 is 0 Å². The van der Waals surface area contributed by atoms with Crippen LogP contribution in [-0.4, -0.2) is 59.8 Å². The number of hydrogen-bond acceptors (Lipinski definition) is 4. The summed E-state index contributed by atoms with van der Waals surface area (Å²) in [6, 6.07) is 0.123. The normalized spacial score (nSPS) is 27.8. The second-order valence-electron chi connectivity index (χ2n) is 3.47. The van der Waals surface area contributed by atoms with Gasteiger partial charge in [0.15, 0.2) is 0 Å². The van der Waals surface area contributed by atoms with E-state index in [-0.39, 0.29) is 24.7 Å². The number of carbonyl (C=O) groups is 1. The summed E-state index contributed by atoms with van der Waals surface area (Å²) >= 11 is 1.52. The summed E-state index contributed by atoms with van der Waals surface area (Å²) in [7, 11) is 0. The van der Waals surface area contributed by atoms with Crippen molar-refractivity contribution in [3.63, 3.8) is 0 Å². The smallest absolute Gasteiger partial charge is 0.232 e. The molecule has 0 radical (unpaired) electrons. The highest BCUT2D eigenvalue weighted by atomic mass is 32.2. The van der Waals surface area contributed by atoms with Crippen LogP contribution in [0.2, 0.25) is 0 Å². The second-order valence-corrected chi connectivity index (χ2v) is 4.33. The van der Waals surface area contributed by atoms with Gasteiger partial charge in [-0.15, -0.1) is 0 Å². The molecule has 0 aromatic heterocycles. The molecule has 5 heteroatoms. The first kappa shape index (κ1) is 11.8. The Balaban J connectivity index is 2.51. The third kappa shape index (κ3) is 2.87. The Morgan fingerprint density at radius 3 is 3.00 bits per heavy atom. The lowest BCUT2D eigenvalue weighted by Gasteiger charge is -2.37. The van der Waals surface area contributed by atoms with Crippen LogP contribution in [0.1, 0.15) is 6.92 Å². The molecule has 0 aromatic carbocycles. The third-order valence-corrected chi connectivity index (χ3v) is 2.83. The van der Waals surface area contributed by atoms with Crippen LogP contribution in [0.4, 0.5) is 0 Å². The van der Waals surface area contributed by atoms with Gasteiger partial charge in [-0.2, -0.15) is 11.8 Å². The number of aliphatic hydroxyl groups excluding tert-OH is 1. The molecule has 1 N–H and O–H groups in total. The number of thioether (sulfide) groups is 1. The summed E-state index contributed by atoms with van der Waals surface area (Å²) in [5.74, 6) is 0.634. The predicted octanol–water partition coefficient (Wildman–Crippen LogP) is -0.0424. The topological polar surface area (TPSA) is 49.8 Å². The van der Waals surface area contributed by atoms with Gasteiger partial charge in [0.1, 0.15) is 0 Å². The SMILES string of the molecule is CSCC(=O)N1CC(CO)OCC1C. The van der Waals surface area contributed by atoms with Crippen molar-refractivity contribution in [3.05, 3.63) is 0 Å². The number of morpholine rings is 1. The van der Waals surface area contributed by atoms with E-state index < -0.39 is 0 Å². The van der Waals surface area contributed by atoms with Crippen LogP contribution in [0.3, 0.4) is 0 Å². The average Bonchev–Trinajstić information content (AvgIpc) is 2.19. The molecule has 0 aromatic rings. The summed E-state index contributed by atoms with van der Waals surface area (Å²) < 4.78 is 5.35. The summed E-state index contributed by atoms with van der Waals surface area (Å²) in [6.45, 7) is 2.98. The maximum Gasteiger partial charge on any atom is 0.232 e. The lowest BCUT2D eigenvalue weighted by Crippen LogP contribution is -2.52. The largest absolute Gasteiger partial charge is 0.394 e. The maximum absolute atomic E-state index is 11.6. The van der Waals surface area contributed by atoms with E-state index in [1.165, 1.54) is 11.8 Å². The highest BCUT2D eigenvalue weighted by Gasteiger charge is 2.28. The molecule has 1 amide bonds. The van der Waals surface area contributed by atoms with E-state index in [4.69, 9.17) is 9.84 Å². The van der Waals surface area contributed by atoms with Crippen molar-refractivity contribution in [3.8, 4) is 0 Å². The van der Waals surface area contributed by atoms with Gasteiger partial charge in [-0.25, -0.2) is 0 Å². The maximum atomic E-state index is 11.6. The summed E-state index contributed by atoms with van der Waals surface area (Å²) in [4.78, 5) is 13.4. The fourth-order valence-electron chi connectivity index (χ4n) is 1.48. The predicted molar refractivity (Wildman–Crippen MR) is 56.4 cm³/mol. The number of nitrogens with zero attached hydrogens (tertiary/aromatic N) is 1. The summed E-state index contributed by atoms with van der Waals surface area (Å²) in [5, 5.41) is 8.94. The molecule has 2 unspecified atom stereocenters. The second kappa shape index (κ2) is 5.58. The van der Waals surface area contributed by atoms with E-state index in [0.29, 0.717) is 18.9 Å². The van der Waals surface area contributed by atoms with Gasteiger partial charge in [0, 0.05) is 6.54 Å². The summed E-state index contributed by atoms with van der Waals surface area (Å²) in [6.07, 6.45) is 1.70. The zero-order valence-electron chi connectivity index (χ0n) is 8.60. The Morgan fingerprint density at radius 2 is 2.43 bits per heavy atom. The first-order valence-electron chi connectivity index (χ1n) is 4.70. The van der Waals surface area contributed by atoms with Crippen LogP contribution in [0, 0.1) is 0 Å². The number of aliphatic hydroxyl groups is 1. The zero-order valence-corrected chi connectivity index (χ0v) is 9.42. The molecule has 1 aliphatic rings. The van der Waals surface area contributed by atoms with Crippen LogP contribution in [0.25, 0.3) is 0 Å². The highest BCUT2D eigenvalue weighted by molar-refractivity contribution is 7.99. The molecule has 0 aliphatic carbocycles. The van der Waals surface area contributed by atoms with Crippen molar-refractivity contribution in [1.82, 2.24) is 4.90 Å². The van der Waals surface area contributed by atoms with Gasteiger partial charge >= 0.3 is 0 Å². The molecule has 1 aliphatic heterocycles. The molecule has 4 nitrogen and oxygen atoms in total. The fraction of sp³-hybridized carbons (Fsp3) is 0.889. The van der Waals surface area contributed by atoms with Gasteiger partial charge in [0.05, 0.1) is 31.1 Å². The molecular weight excluding hydrogens is 202 g/mol. The van der Waals surface area contributed by atoms with Crippen molar-refractivity contribution < 1.29 is 14.6 Å². The van der Waals surface area contributed by atoms with Crippen molar-refractivity contribution in [2.24, 2.45) is 0 Å². The molecule has 0 bridgehead atoms. The van der Waals surface area contributed by atoms with Crippen LogP contribution in [0.5, 0.6) is 0 Å². The van der Waals surface area contributed by atoms with Crippen molar-refractivity contribution in [1.29, 1.82) is 0 Å². The van der Waals surface area contributed by atoms with Gasteiger partial charge in [0.25, 0.3) is 0 Å². The Morgan fingerprint density at radius 1 is 1.71 bits per heavy atom. The average molecular weight is 219 g/mol. The van der Waals surface area contributed by atoms with E-state index in [1.54, 1.807) is 4.90 Å². The van der Waals surface area contributed by atoms with Gasteiger partial charge in [0.2, 0.25) is 5.91 Å². The van der Waals surface area contributed by atoms with E-state index in [2.05, 4.69) is 0 Å². The number of rotatable bonds is 3. The van der Waals surface area contributed by atoms with E-state index in [0.717, 1.165) is 0 Å². The van der Waals surface area contributed by atoms with Crippen LogP contribution >= 0.6 is 11.8 Å². The number of carbonyl (C=O) groups excluding carboxylic acids is 1. The Bertz CT molecular complexity index is 200. The number of amides is 1. The highest BCUT2D eigenvalue weighted by Crippen LogP contribution is 2.12. The van der Waals surface area contributed by atoms with Crippen molar-refractivity contribution in [2.45, 2.75) is 19.1 Å². The Kier molecular flexibility index (Phi) is 4.71. The summed E-state index contributed by atoms with van der Waals surface area (Å²) in [5.41, 5.74) is 0. The molecule has 0 spiro atoms. The Labute approximate surface area is 88.6 Å². The molecule has 1 rings (SSSR count). The van der Waals surface area contributed by atoms with Gasteiger partial charge in [-0.1, -0.05) is 0 Å². The standard InChI is InChI=1S/C9H17NO3S/c1-7-5-13-8(4-11)3-10(7)9(12)6-14-2/h7-8,11H,3-6H2,1-2H3. The monoisotopic (exact) mass is 219 g/mol. The lowest BCUT2D eigenvalue weighted by molar-refractivity contribution is -0.143. The molecule has 82 valence electrons.